The van der Waals surface area contributed by atoms with Gasteiger partial charge >= 0.3 is 0 Å². The molecule has 2 unspecified atom stereocenters. The Morgan fingerprint density at radius 2 is 1.69 bits per heavy atom. The molecule has 8 nitrogen and oxygen atoms in total. The molecule has 3 aromatic carbocycles. The first-order chi connectivity index (χ1) is 19.0. The predicted molar refractivity (Wildman–Crippen MR) is 147 cm³/mol. The van der Waals surface area contributed by atoms with Crippen molar-refractivity contribution < 1.29 is 14.4 Å². The maximum atomic E-state index is 12.9. The van der Waals surface area contributed by atoms with Gasteiger partial charge in [0.1, 0.15) is 5.69 Å². The van der Waals surface area contributed by atoms with Crippen LogP contribution in [-0.2, 0) is 29.2 Å². The maximum absolute atomic E-state index is 12.9. The van der Waals surface area contributed by atoms with Crippen LogP contribution in [0.1, 0.15) is 52.0 Å². The molecule has 2 atom stereocenters. The molecule has 0 spiro atoms. The fourth-order valence-electron chi connectivity index (χ4n) is 4.89. The van der Waals surface area contributed by atoms with E-state index in [1.54, 1.807) is 35.0 Å². The summed E-state index contributed by atoms with van der Waals surface area (Å²) in [5, 5.41) is 11.3. The molecule has 1 fully saturated rings. The molecule has 1 saturated heterocycles. The van der Waals surface area contributed by atoms with Crippen molar-refractivity contribution in [1.29, 1.82) is 0 Å². The van der Waals surface area contributed by atoms with Crippen molar-refractivity contribution in [1.82, 2.24) is 25.2 Å². The van der Waals surface area contributed by atoms with Gasteiger partial charge in [-0.15, -0.1) is 5.10 Å². The van der Waals surface area contributed by atoms with Crippen LogP contribution in [0.3, 0.4) is 0 Å². The van der Waals surface area contributed by atoms with Gasteiger partial charge in [-0.3, -0.25) is 19.1 Å². The number of carbonyl (C=O) groups excluding carboxylic acids is 3. The van der Waals surface area contributed by atoms with Crippen LogP contribution in [0.5, 0.6) is 0 Å². The fourth-order valence-corrected chi connectivity index (χ4v) is 4.89. The molecule has 0 aliphatic carbocycles. The smallest absolute Gasteiger partial charge is 0.227 e. The van der Waals surface area contributed by atoms with Gasteiger partial charge in [-0.25, -0.2) is 0 Å². The van der Waals surface area contributed by atoms with Gasteiger partial charge in [0.15, 0.2) is 5.78 Å². The summed E-state index contributed by atoms with van der Waals surface area (Å²) in [7, 11) is 0. The summed E-state index contributed by atoms with van der Waals surface area (Å²) in [6.45, 7) is 3.96. The Balaban J connectivity index is 1.13. The molecule has 1 aliphatic rings. The first-order valence-corrected chi connectivity index (χ1v) is 13.1. The van der Waals surface area contributed by atoms with Gasteiger partial charge < -0.3 is 10.2 Å². The third-order valence-electron chi connectivity index (χ3n) is 7.06. The summed E-state index contributed by atoms with van der Waals surface area (Å²) < 4.78 is 1.74. The van der Waals surface area contributed by atoms with Crippen LogP contribution in [-0.4, -0.2) is 44.0 Å². The number of nitrogens with one attached hydrogen (secondary N) is 1. The number of benzene rings is 3. The molecule has 0 bridgehead atoms. The Hall–Kier alpha value is -4.59. The molecule has 2 heterocycles. The Morgan fingerprint density at radius 1 is 0.974 bits per heavy atom. The number of hydrogen-bond acceptors (Lipinski definition) is 5. The highest BCUT2D eigenvalue weighted by Crippen LogP contribution is 2.22. The van der Waals surface area contributed by atoms with Crippen LogP contribution in [0.4, 0.5) is 0 Å². The van der Waals surface area contributed by atoms with E-state index in [0.717, 1.165) is 11.1 Å². The van der Waals surface area contributed by atoms with E-state index in [1.807, 2.05) is 72.6 Å². The normalized spacial score (nSPS) is 15.8. The van der Waals surface area contributed by atoms with Crippen molar-refractivity contribution in [2.45, 2.75) is 38.9 Å². The number of likely N-dealkylation sites (tertiary alicyclic amines) is 1. The van der Waals surface area contributed by atoms with E-state index >= 15 is 0 Å². The fraction of sp³-hybridized carbons (Fsp3) is 0.258. The number of carbonyl (C=O) groups is 3. The van der Waals surface area contributed by atoms with E-state index < -0.39 is 5.92 Å². The van der Waals surface area contributed by atoms with Crippen molar-refractivity contribution in [3.63, 3.8) is 0 Å². The second-order valence-electron chi connectivity index (χ2n) is 10.0. The van der Waals surface area contributed by atoms with Crippen LogP contribution in [0, 0.1) is 5.92 Å². The SMILES string of the molecule is CC(C(=O)NCc1cn(CC2CC(=O)N(Cc3ccccc3)C2)nn1)c1cccc(C(=O)c2ccccc2)c1. The van der Waals surface area contributed by atoms with Crippen LogP contribution in [0.15, 0.2) is 91.1 Å². The molecule has 0 saturated carbocycles. The molecule has 4 aromatic rings. The average Bonchev–Trinajstić information content (AvgIpc) is 3.57. The minimum Gasteiger partial charge on any atom is -0.350 e. The molecule has 8 heteroatoms. The number of amides is 2. The molecular formula is C31H31N5O3. The topological polar surface area (TPSA) is 97.2 Å². The summed E-state index contributed by atoms with van der Waals surface area (Å²) in [4.78, 5) is 40.1. The van der Waals surface area contributed by atoms with Crippen molar-refractivity contribution >= 4 is 17.6 Å². The molecular weight excluding hydrogens is 490 g/mol. The van der Waals surface area contributed by atoms with E-state index in [-0.39, 0.29) is 30.1 Å². The van der Waals surface area contributed by atoms with E-state index in [9.17, 15) is 14.4 Å². The summed E-state index contributed by atoms with van der Waals surface area (Å²) in [5.74, 6) is -0.361. The minimum absolute atomic E-state index is 0.0752. The number of hydrogen-bond donors (Lipinski definition) is 1. The van der Waals surface area contributed by atoms with Gasteiger partial charge in [0.25, 0.3) is 0 Å². The van der Waals surface area contributed by atoms with Crippen LogP contribution < -0.4 is 5.32 Å². The highest BCUT2D eigenvalue weighted by molar-refractivity contribution is 6.09. The van der Waals surface area contributed by atoms with Crippen molar-refractivity contribution in [2.75, 3.05) is 6.54 Å². The monoisotopic (exact) mass is 521 g/mol. The molecule has 198 valence electrons. The van der Waals surface area contributed by atoms with Gasteiger partial charge in [0.2, 0.25) is 11.8 Å². The number of aromatic nitrogens is 3. The van der Waals surface area contributed by atoms with Gasteiger partial charge in [0.05, 0.1) is 18.7 Å². The second-order valence-corrected chi connectivity index (χ2v) is 10.0. The van der Waals surface area contributed by atoms with Crippen molar-refractivity contribution in [3.8, 4) is 0 Å². The highest BCUT2D eigenvalue weighted by atomic mass is 16.2. The van der Waals surface area contributed by atoms with Crippen molar-refractivity contribution in [3.05, 3.63) is 119 Å². The summed E-state index contributed by atoms with van der Waals surface area (Å²) in [6, 6.07) is 26.3. The lowest BCUT2D eigenvalue weighted by atomic mass is 9.95. The Labute approximate surface area is 227 Å². The third-order valence-corrected chi connectivity index (χ3v) is 7.06. The lowest BCUT2D eigenvalue weighted by molar-refractivity contribution is -0.128. The summed E-state index contributed by atoms with van der Waals surface area (Å²) in [5.41, 5.74) is 3.70. The van der Waals surface area contributed by atoms with Gasteiger partial charge in [-0.1, -0.05) is 84.1 Å². The molecule has 1 aliphatic heterocycles. The zero-order valence-electron chi connectivity index (χ0n) is 21.9. The first kappa shape index (κ1) is 26.0. The first-order valence-electron chi connectivity index (χ1n) is 13.1. The molecule has 5 rings (SSSR count). The zero-order chi connectivity index (χ0) is 27.2. The Bertz CT molecular complexity index is 1450. The largest absolute Gasteiger partial charge is 0.350 e. The van der Waals surface area contributed by atoms with Gasteiger partial charge in [-0.05, 0) is 24.1 Å². The second kappa shape index (κ2) is 11.9. The lowest BCUT2D eigenvalue weighted by Crippen LogP contribution is -2.27. The Kier molecular flexibility index (Phi) is 7.91. The van der Waals surface area contributed by atoms with E-state index in [2.05, 4.69) is 15.6 Å². The van der Waals surface area contributed by atoms with E-state index in [0.29, 0.717) is 42.9 Å². The van der Waals surface area contributed by atoms with Crippen LogP contribution in [0.2, 0.25) is 0 Å². The average molecular weight is 522 g/mol. The van der Waals surface area contributed by atoms with Crippen molar-refractivity contribution in [2.24, 2.45) is 5.92 Å². The zero-order valence-corrected chi connectivity index (χ0v) is 21.9. The summed E-state index contributed by atoms with van der Waals surface area (Å²) >= 11 is 0. The number of ketones is 1. The minimum atomic E-state index is -0.441. The molecule has 0 radical (unpaired) electrons. The standard InChI is InChI=1S/C31H31N5O3/c1-22(26-13-8-14-27(16-26)30(38)25-11-6-3-7-12-25)31(39)32-17-28-21-36(34-33-28)20-24-15-29(37)35(19-24)18-23-9-4-2-5-10-23/h2-14,16,21-22,24H,15,17-20H2,1H3,(H,32,39). The van der Waals surface area contributed by atoms with Crippen LogP contribution in [0.25, 0.3) is 0 Å². The Morgan fingerprint density at radius 3 is 2.46 bits per heavy atom. The highest BCUT2D eigenvalue weighted by Gasteiger charge is 2.30. The summed E-state index contributed by atoms with van der Waals surface area (Å²) in [6.07, 6.45) is 2.30. The maximum Gasteiger partial charge on any atom is 0.227 e. The lowest BCUT2D eigenvalue weighted by Gasteiger charge is -2.16. The molecule has 1 aromatic heterocycles. The number of nitrogens with zero attached hydrogens (tertiary/aromatic N) is 4. The third kappa shape index (κ3) is 6.46. The van der Waals surface area contributed by atoms with Gasteiger partial charge in [0, 0.05) is 43.1 Å². The number of rotatable bonds is 10. The molecule has 39 heavy (non-hydrogen) atoms. The van der Waals surface area contributed by atoms with E-state index in [1.165, 1.54) is 0 Å². The van der Waals surface area contributed by atoms with E-state index in [4.69, 9.17) is 0 Å². The molecule has 2 amide bonds. The van der Waals surface area contributed by atoms with Gasteiger partial charge in [-0.2, -0.15) is 0 Å². The molecule has 1 N–H and O–H groups in total. The predicted octanol–water partition coefficient (Wildman–Crippen LogP) is 3.98. The quantitative estimate of drug-likeness (QED) is 0.319. The van der Waals surface area contributed by atoms with Crippen LogP contribution >= 0.6 is 0 Å².